The van der Waals surface area contributed by atoms with E-state index in [-0.39, 0.29) is 22.0 Å². The van der Waals surface area contributed by atoms with Gasteiger partial charge in [0, 0.05) is 11.4 Å². The van der Waals surface area contributed by atoms with Crippen molar-refractivity contribution in [2.75, 3.05) is 16.6 Å². The van der Waals surface area contributed by atoms with Crippen molar-refractivity contribution in [3.05, 3.63) is 89.7 Å². The van der Waals surface area contributed by atoms with Crippen molar-refractivity contribution < 1.29 is 30.8 Å². The second-order valence-corrected chi connectivity index (χ2v) is 10.1. The van der Waals surface area contributed by atoms with E-state index in [4.69, 9.17) is 0 Å². The number of hydrogen-bond acceptors (Lipinski definition) is 6. The van der Waals surface area contributed by atoms with Gasteiger partial charge in [0.25, 0.3) is 10.0 Å². The second kappa shape index (κ2) is 9.37. The first kappa shape index (κ1) is 23.2. The van der Waals surface area contributed by atoms with Gasteiger partial charge in [0.2, 0.25) is 10.0 Å². The topological polar surface area (TPSA) is 119 Å². The molecule has 0 spiro atoms. The molecule has 0 radical (unpaired) electrons. The summed E-state index contributed by atoms with van der Waals surface area (Å²) in [6.45, 7) is 0. The lowest BCUT2D eigenvalue weighted by molar-refractivity contribution is 0.0600. The number of esters is 1. The fourth-order valence-electron chi connectivity index (χ4n) is 2.72. The van der Waals surface area contributed by atoms with Gasteiger partial charge in [-0.3, -0.25) is 9.44 Å². The van der Waals surface area contributed by atoms with E-state index < -0.39 is 31.8 Å². The number of hydrogen-bond donors (Lipinski definition) is 2. The largest absolute Gasteiger partial charge is 0.465 e. The van der Waals surface area contributed by atoms with Gasteiger partial charge in [-0.25, -0.2) is 26.0 Å². The van der Waals surface area contributed by atoms with Crippen LogP contribution in [-0.4, -0.2) is 29.9 Å². The summed E-state index contributed by atoms with van der Waals surface area (Å²) in [7, 11) is -6.48. The van der Waals surface area contributed by atoms with Crippen LogP contribution in [0.1, 0.15) is 15.9 Å². The molecule has 0 bridgehead atoms. The quantitative estimate of drug-likeness (QED) is 0.479. The van der Waals surface area contributed by atoms with Gasteiger partial charge in [0.15, 0.2) is 0 Å². The molecule has 0 aliphatic rings. The fourth-order valence-corrected chi connectivity index (χ4v) is 4.98. The van der Waals surface area contributed by atoms with Gasteiger partial charge in [-0.15, -0.1) is 0 Å². The number of carbonyl (C=O) groups is 1. The van der Waals surface area contributed by atoms with Crippen LogP contribution in [0.15, 0.2) is 77.7 Å². The van der Waals surface area contributed by atoms with Gasteiger partial charge >= 0.3 is 5.97 Å². The van der Waals surface area contributed by atoms with Gasteiger partial charge in [0.1, 0.15) is 5.82 Å². The van der Waals surface area contributed by atoms with E-state index in [0.717, 1.165) is 12.1 Å². The highest BCUT2D eigenvalue weighted by Crippen LogP contribution is 2.20. The number of methoxy groups -OCH3 is 1. The molecule has 2 N–H and O–H groups in total. The van der Waals surface area contributed by atoms with Crippen LogP contribution in [0.25, 0.3) is 0 Å². The average molecular weight is 479 g/mol. The summed E-state index contributed by atoms with van der Waals surface area (Å²) in [6.07, 6.45) is 0. The molecule has 3 aromatic carbocycles. The van der Waals surface area contributed by atoms with Gasteiger partial charge in [0.05, 0.1) is 23.3 Å². The first-order valence-corrected chi connectivity index (χ1v) is 12.3. The minimum absolute atomic E-state index is 0.0943. The van der Waals surface area contributed by atoms with Crippen LogP contribution >= 0.6 is 0 Å². The summed E-state index contributed by atoms with van der Waals surface area (Å²) in [5, 5.41) is 0. The number of rotatable bonds is 8. The zero-order valence-electron chi connectivity index (χ0n) is 16.8. The predicted molar refractivity (Wildman–Crippen MR) is 118 cm³/mol. The van der Waals surface area contributed by atoms with E-state index in [9.17, 15) is 26.0 Å². The van der Waals surface area contributed by atoms with Crippen molar-refractivity contribution in [1.82, 2.24) is 0 Å². The Morgan fingerprint density at radius 1 is 0.812 bits per heavy atom. The van der Waals surface area contributed by atoms with Gasteiger partial charge in [-0.1, -0.05) is 12.1 Å². The SMILES string of the molecule is COC(=O)c1ccc(CS(=O)(=O)Nc2ccc(S(=O)(=O)Nc3ccc(F)cc3)cc2)cc1. The van der Waals surface area contributed by atoms with Crippen LogP contribution < -0.4 is 9.44 Å². The summed E-state index contributed by atoms with van der Waals surface area (Å²) in [5.41, 5.74) is 1.12. The summed E-state index contributed by atoms with van der Waals surface area (Å²) < 4.78 is 72.0. The normalized spacial score (nSPS) is 11.6. The number of halogens is 1. The van der Waals surface area contributed by atoms with E-state index in [2.05, 4.69) is 14.2 Å². The highest BCUT2D eigenvalue weighted by molar-refractivity contribution is 7.92. The van der Waals surface area contributed by atoms with Crippen molar-refractivity contribution in [1.29, 1.82) is 0 Å². The fraction of sp³-hybridized carbons (Fsp3) is 0.0952. The van der Waals surface area contributed by atoms with Crippen molar-refractivity contribution in [2.45, 2.75) is 10.6 Å². The number of sulfonamides is 2. The zero-order valence-corrected chi connectivity index (χ0v) is 18.4. The molecule has 0 fully saturated rings. The maximum atomic E-state index is 13.0. The number of anilines is 2. The predicted octanol–water partition coefficient (Wildman–Crippen LogP) is 3.36. The Hall–Kier alpha value is -3.44. The molecule has 0 heterocycles. The molecule has 0 unspecified atom stereocenters. The molecule has 3 aromatic rings. The lowest BCUT2D eigenvalue weighted by Gasteiger charge is -2.11. The highest BCUT2D eigenvalue weighted by atomic mass is 32.2. The van der Waals surface area contributed by atoms with E-state index in [1.807, 2.05) is 0 Å². The van der Waals surface area contributed by atoms with E-state index in [1.165, 1.54) is 67.8 Å². The summed E-state index contributed by atoms with van der Waals surface area (Å²) >= 11 is 0. The Morgan fingerprint density at radius 2 is 1.34 bits per heavy atom. The molecule has 32 heavy (non-hydrogen) atoms. The molecule has 8 nitrogen and oxygen atoms in total. The van der Waals surface area contributed by atoms with Gasteiger partial charge < -0.3 is 4.74 Å². The first-order chi connectivity index (χ1) is 15.1. The highest BCUT2D eigenvalue weighted by Gasteiger charge is 2.16. The molecule has 0 saturated heterocycles. The van der Waals surface area contributed by atoms with Crippen molar-refractivity contribution in [2.24, 2.45) is 0 Å². The van der Waals surface area contributed by atoms with Crippen LogP contribution in [0.2, 0.25) is 0 Å². The van der Waals surface area contributed by atoms with Crippen LogP contribution in [0.3, 0.4) is 0 Å². The van der Waals surface area contributed by atoms with Crippen molar-refractivity contribution in [3.63, 3.8) is 0 Å². The Kier molecular flexibility index (Phi) is 6.80. The van der Waals surface area contributed by atoms with E-state index in [1.54, 1.807) is 0 Å². The van der Waals surface area contributed by atoms with Crippen LogP contribution in [-0.2, 0) is 30.5 Å². The third-order valence-electron chi connectivity index (χ3n) is 4.27. The standard InChI is InChI=1S/C21H19FN2O6S2/c1-30-21(25)16-4-2-15(3-5-16)14-31(26,27)23-18-10-12-20(13-11-18)32(28,29)24-19-8-6-17(22)7-9-19/h2-13,23-24H,14H2,1H3. The minimum Gasteiger partial charge on any atom is -0.465 e. The Balaban J connectivity index is 1.67. The Morgan fingerprint density at radius 3 is 1.91 bits per heavy atom. The maximum absolute atomic E-state index is 13.0. The molecule has 0 aliphatic carbocycles. The summed E-state index contributed by atoms with van der Waals surface area (Å²) in [4.78, 5) is 11.4. The van der Waals surface area contributed by atoms with Gasteiger partial charge in [-0.05, 0) is 66.2 Å². The summed E-state index contributed by atoms with van der Waals surface area (Å²) in [6, 6.07) is 15.9. The van der Waals surface area contributed by atoms with Crippen LogP contribution in [0.4, 0.5) is 15.8 Å². The lowest BCUT2D eigenvalue weighted by Crippen LogP contribution is -2.16. The maximum Gasteiger partial charge on any atom is 0.337 e. The number of ether oxygens (including phenoxy) is 1. The molecule has 0 amide bonds. The smallest absolute Gasteiger partial charge is 0.337 e. The molecule has 0 aliphatic heterocycles. The van der Waals surface area contributed by atoms with Gasteiger partial charge in [-0.2, -0.15) is 0 Å². The Bertz CT molecular complexity index is 1310. The van der Waals surface area contributed by atoms with E-state index >= 15 is 0 Å². The molecular weight excluding hydrogens is 459 g/mol. The molecule has 0 saturated carbocycles. The number of carbonyl (C=O) groups excluding carboxylic acids is 1. The van der Waals surface area contributed by atoms with Crippen molar-refractivity contribution in [3.8, 4) is 0 Å². The lowest BCUT2D eigenvalue weighted by atomic mass is 10.1. The molecule has 0 atom stereocenters. The molecule has 168 valence electrons. The Labute approximate surface area is 185 Å². The third-order valence-corrected chi connectivity index (χ3v) is 6.92. The van der Waals surface area contributed by atoms with Crippen LogP contribution in [0, 0.1) is 5.82 Å². The van der Waals surface area contributed by atoms with E-state index in [0.29, 0.717) is 11.1 Å². The third kappa shape index (κ3) is 6.05. The second-order valence-electron chi connectivity index (χ2n) is 6.69. The number of benzene rings is 3. The molecule has 3 rings (SSSR count). The molecule has 11 heteroatoms. The monoisotopic (exact) mass is 478 g/mol. The molecule has 0 aromatic heterocycles. The number of nitrogens with one attached hydrogen (secondary N) is 2. The first-order valence-electron chi connectivity index (χ1n) is 9.14. The minimum atomic E-state index is -3.94. The van der Waals surface area contributed by atoms with Crippen LogP contribution in [0.5, 0.6) is 0 Å². The average Bonchev–Trinajstić information content (AvgIpc) is 2.75. The molecular formula is C21H19FN2O6S2. The summed E-state index contributed by atoms with van der Waals surface area (Å²) in [5.74, 6) is -1.37. The zero-order chi connectivity index (χ0) is 23.4. The van der Waals surface area contributed by atoms with Crippen molar-refractivity contribution >= 4 is 37.4 Å².